The molecule has 0 fully saturated rings. The SMILES string of the molecule is Cc1cccc(C)c1CSc1ncc(C(=O)N(C)CC(=O)c2ccccn2)n1-c1ccc(F)cc1. The Morgan fingerprint density at radius 1 is 0.971 bits per heavy atom. The van der Waals surface area contributed by atoms with Gasteiger partial charge >= 0.3 is 0 Å². The first-order valence-electron chi connectivity index (χ1n) is 11.1. The van der Waals surface area contributed by atoms with Crippen molar-refractivity contribution in [2.45, 2.75) is 24.8 Å². The third-order valence-electron chi connectivity index (χ3n) is 5.70. The molecule has 0 radical (unpaired) electrons. The largest absolute Gasteiger partial charge is 0.333 e. The molecule has 6 nitrogen and oxygen atoms in total. The van der Waals surface area contributed by atoms with Crippen molar-refractivity contribution in [2.24, 2.45) is 0 Å². The molecule has 35 heavy (non-hydrogen) atoms. The zero-order chi connectivity index (χ0) is 24.9. The molecule has 8 heteroatoms. The highest BCUT2D eigenvalue weighted by Crippen LogP contribution is 2.29. The number of Topliss-reactive ketones (excluding diaryl/α,β-unsaturated/α-hetero) is 1. The molecular formula is C27H25FN4O2S. The number of rotatable bonds is 8. The maximum Gasteiger partial charge on any atom is 0.272 e. The van der Waals surface area contributed by atoms with Gasteiger partial charge in [-0.2, -0.15) is 0 Å². The van der Waals surface area contributed by atoms with Crippen molar-refractivity contribution in [3.05, 3.63) is 107 Å². The zero-order valence-corrected chi connectivity index (χ0v) is 20.6. The number of carbonyl (C=O) groups excluding carboxylic acids is 2. The van der Waals surface area contributed by atoms with Gasteiger partial charge in [0.2, 0.25) is 0 Å². The standard InChI is InChI=1S/C27H25FN4O2S/c1-18-7-6-8-19(2)22(18)17-35-27-30-15-24(32(27)21-12-10-20(28)11-13-21)26(34)31(3)16-25(33)23-9-4-5-14-29-23/h4-15H,16-17H2,1-3H3. The van der Waals surface area contributed by atoms with Crippen LogP contribution in [0.15, 0.2) is 78.2 Å². The van der Waals surface area contributed by atoms with Crippen LogP contribution in [0.3, 0.4) is 0 Å². The van der Waals surface area contributed by atoms with E-state index in [9.17, 15) is 14.0 Å². The number of imidazole rings is 1. The molecule has 4 aromatic rings. The Morgan fingerprint density at radius 3 is 2.34 bits per heavy atom. The van der Waals surface area contributed by atoms with Crippen LogP contribution in [0.5, 0.6) is 0 Å². The number of carbonyl (C=O) groups is 2. The Bertz CT molecular complexity index is 1330. The first kappa shape index (κ1) is 24.3. The Kier molecular flexibility index (Phi) is 7.41. The third kappa shape index (κ3) is 5.49. The molecule has 178 valence electrons. The van der Waals surface area contributed by atoms with Crippen LogP contribution in [-0.2, 0) is 5.75 Å². The molecule has 0 aliphatic carbocycles. The van der Waals surface area contributed by atoms with E-state index in [4.69, 9.17) is 0 Å². The third-order valence-corrected chi connectivity index (χ3v) is 6.68. The topological polar surface area (TPSA) is 68.1 Å². The van der Waals surface area contributed by atoms with Crippen molar-refractivity contribution in [1.82, 2.24) is 19.4 Å². The number of nitrogens with zero attached hydrogens (tertiary/aromatic N) is 4. The summed E-state index contributed by atoms with van der Waals surface area (Å²) < 4.78 is 15.3. The van der Waals surface area contributed by atoms with E-state index in [0.717, 1.165) is 0 Å². The van der Waals surface area contributed by atoms with Gasteiger partial charge < -0.3 is 4.90 Å². The molecule has 0 bridgehead atoms. The van der Waals surface area contributed by atoms with E-state index in [1.54, 1.807) is 48.1 Å². The van der Waals surface area contributed by atoms with Crippen molar-refractivity contribution in [1.29, 1.82) is 0 Å². The number of pyridine rings is 1. The fourth-order valence-corrected chi connectivity index (χ4v) is 4.92. The van der Waals surface area contributed by atoms with Gasteiger partial charge in [-0.05, 0) is 66.9 Å². The predicted octanol–water partition coefficient (Wildman–Crippen LogP) is 5.27. The first-order chi connectivity index (χ1) is 16.8. The average Bonchev–Trinajstić information content (AvgIpc) is 3.28. The number of thioether (sulfide) groups is 1. The van der Waals surface area contributed by atoms with Crippen LogP contribution in [0.1, 0.15) is 37.7 Å². The Balaban J connectivity index is 1.63. The van der Waals surface area contributed by atoms with Crippen molar-refractivity contribution in [3.63, 3.8) is 0 Å². The first-order valence-corrected chi connectivity index (χ1v) is 12.0. The van der Waals surface area contributed by atoms with Gasteiger partial charge in [0.15, 0.2) is 10.9 Å². The van der Waals surface area contributed by atoms with Crippen LogP contribution in [0.2, 0.25) is 0 Å². The lowest BCUT2D eigenvalue weighted by molar-refractivity contribution is 0.0739. The highest BCUT2D eigenvalue weighted by Gasteiger charge is 2.23. The summed E-state index contributed by atoms with van der Waals surface area (Å²) in [5, 5.41) is 0.604. The molecular weight excluding hydrogens is 463 g/mol. The highest BCUT2D eigenvalue weighted by atomic mass is 32.2. The van der Waals surface area contributed by atoms with E-state index in [1.807, 2.05) is 6.07 Å². The second-order valence-corrected chi connectivity index (χ2v) is 9.14. The molecule has 4 rings (SSSR count). The summed E-state index contributed by atoms with van der Waals surface area (Å²) >= 11 is 1.50. The molecule has 2 aromatic heterocycles. The second kappa shape index (κ2) is 10.7. The number of likely N-dealkylation sites (N-methyl/N-ethyl adjacent to an activating group) is 1. The van der Waals surface area contributed by atoms with Gasteiger partial charge in [0.25, 0.3) is 5.91 Å². The normalized spacial score (nSPS) is 10.9. The van der Waals surface area contributed by atoms with Gasteiger partial charge in [-0.15, -0.1) is 0 Å². The molecule has 0 spiro atoms. The van der Waals surface area contributed by atoms with Crippen LogP contribution >= 0.6 is 11.8 Å². The quantitative estimate of drug-likeness (QED) is 0.250. The van der Waals surface area contributed by atoms with Crippen LogP contribution < -0.4 is 0 Å². The Hall–Kier alpha value is -3.78. The summed E-state index contributed by atoms with van der Waals surface area (Å²) in [6, 6.07) is 17.1. The van der Waals surface area contributed by atoms with E-state index in [0.29, 0.717) is 22.3 Å². The van der Waals surface area contributed by atoms with E-state index in [2.05, 4.69) is 35.9 Å². The molecule has 0 unspecified atom stereocenters. The number of ketones is 1. The van der Waals surface area contributed by atoms with Gasteiger partial charge in [0, 0.05) is 24.7 Å². The summed E-state index contributed by atoms with van der Waals surface area (Å²) in [7, 11) is 1.56. The van der Waals surface area contributed by atoms with Crippen LogP contribution in [0.4, 0.5) is 4.39 Å². The van der Waals surface area contributed by atoms with Gasteiger partial charge in [-0.1, -0.05) is 36.0 Å². The number of aromatic nitrogens is 3. The lowest BCUT2D eigenvalue weighted by atomic mass is 10.1. The minimum absolute atomic E-state index is 0.130. The number of amides is 1. The summed E-state index contributed by atoms with van der Waals surface area (Å²) in [4.78, 5) is 35.9. The maximum atomic E-state index is 13.6. The predicted molar refractivity (Wildman–Crippen MR) is 135 cm³/mol. The Labute approximate surface area is 207 Å². The summed E-state index contributed by atoms with van der Waals surface area (Å²) in [6.45, 7) is 4.01. The molecule has 2 aromatic carbocycles. The lowest BCUT2D eigenvalue weighted by Crippen LogP contribution is -2.33. The monoisotopic (exact) mass is 488 g/mol. The maximum absolute atomic E-state index is 13.6. The smallest absolute Gasteiger partial charge is 0.272 e. The molecule has 0 aliphatic rings. The molecule has 1 amide bonds. The van der Waals surface area contributed by atoms with E-state index in [1.165, 1.54) is 51.7 Å². The minimum Gasteiger partial charge on any atom is -0.333 e. The molecule has 0 atom stereocenters. The fraction of sp³-hybridized carbons (Fsp3) is 0.185. The van der Waals surface area contributed by atoms with Crippen LogP contribution in [-0.4, -0.2) is 44.7 Å². The second-order valence-electron chi connectivity index (χ2n) is 8.20. The summed E-state index contributed by atoms with van der Waals surface area (Å²) in [5.74, 6) is -0.341. The summed E-state index contributed by atoms with van der Waals surface area (Å²) in [6.07, 6.45) is 3.04. The number of aryl methyl sites for hydroxylation is 2. The zero-order valence-electron chi connectivity index (χ0n) is 19.7. The number of benzene rings is 2. The van der Waals surface area contributed by atoms with Crippen LogP contribution in [0, 0.1) is 19.7 Å². The fourth-order valence-electron chi connectivity index (χ4n) is 3.73. The van der Waals surface area contributed by atoms with Crippen molar-refractivity contribution < 1.29 is 14.0 Å². The summed E-state index contributed by atoms with van der Waals surface area (Å²) in [5.41, 5.74) is 4.77. The van der Waals surface area contributed by atoms with E-state index >= 15 is 0 Å². The highest BCUT2D eigenvalue weighted by molar-refractivity contribution is 7.98. The van der Waals surface area contributed by atoms with Crippen molar-refractivity contribution >= 4 is 23.5 Å². The van der Waals surface area contributed by atoms with Gasteiger partial charge in [0.05, 0.1) is 12.7 Å². The van der Waals surface area contributed by atoms with E-state index in [-0.39, 0.29) is 29.7 Å². The van der Waals surface area contributed by atoms with Gasteiger partial charge in [-0.25, -0.2) is 9.37 Å². The lowest BCUT2D eigenvalue weighted by Gasteiger charge is -2.18. The molecule has 0 saturated heterocycles. The number of halogens is 1. The van der Waals surface area contributed by atoms with Crippen LogP contribution in [0.25, 0.3) is 5.69 Å². The molecule has 0 aliphatic heterocycles. The number of hydrogen-bond acceptors (Lipinski definition) is 5. The average molecular weight is 489 g/mol. The molecule has 2 heterocycles. The van der Waals surface area contributed by atoms with Gasteiger partial charge in [0.1, 0.15) is 17.2 Å². The molecule has 0 saturated carbocycles. The van der Waals surface area contributed by atoms with Gasteiger partial charge in [-0.3, -0.25) is 19.1 Å². The van der Waals surface area contributed by atoms with Crippen molar-refractivity contribution in [3.8, 4) is 5.69 Å². The van der Waals surface area contributed by atoms with E-state index < -0.39 is 0 Å². The minimum atomic E-state index is -0.371. The number of hydrogen-bond donors (Lipinski definition) is 0. The Morgan fingerprint density at radius 2 is 1.69 bits per heavy atom. The molecule has 0 N–H and O–H groups in total. The van der Waals surface area contributed by atoms with Crippen molar-refractivity contribution in [2.75, 3.05) is 13.6 Å².